The number of hydrogen-bond acceptors (Lipinski definition) is 6. The van der Waals surface area contributed by atoms with Gasteiger partial charge in [-0.15, -0.1) is 0 Å². The number of rotatable bonds is 4. The van der Waals surface area contributed by atoms with Crippen molar-refractivity contribution in [1.29, 1.82) is 5.26 Å². The van der Waals surface area contributed by atoms with Gasteiger partial charge in [0.2, 0.25) is 0 Å². The summed E-state index contributed by atoms with van der Waals surface area (Å²) in [4.78, 5) is 14.5. The van der Waals surface area contributed by atoms with Crippen molar-refractivity contribution in [1.82, 2.24) is 4.98 Å². The van der Waals surface area contributed by atoms with Crippen molar-refractivity contribution < 1.29 is 4.92 Å². The fraction of sp³-hybridized carbons (Fsp3) is 0.0769. The fourth-order valence-electron chi connectivity index (χ4n) is 1.63. The molecule has 0 bridgehead atoms. The molecule has 2 aromatic rings. The van der Waals surface area contributed by atoms with Gasteiger partial charge in [0, 0.05) is 12.7 Å². The van der Waals surface area contributed by atoms with Gasteiger partial charge < -0.3 is 10.6 Å². The molecule has 0 aliphatic rings. The number of hydrogen-bond donors (Lipinski definition) is 2. The van der Waals surface area contributed by atoms with Crippen molar-refractivity contribution >= 4 is 23.0 Å². The summed E-state index contributed by atoms with van der Waals surface area (Å²) < 4.78 is 0. The molecule has 0 spiro atoms. The first-order valence-corrected chi connectivity index (χ1v) is 5.74. The van der Waals surface area contributed by atoms with Crippen LogP contribution in [-0.4, -0.2) is 17.0 Å². The summed E-state index contributed by atoms with van der Waals surface area (Å²) in [5.41, 5.74) is 1.07. The van der Waals surface area contributed by atoms with E-state index in [9.17, 15) is 10.1 Å². The molecule has 0 saturated heterocycles. The van der Waals surface area contributed by atoms with E-state index in [4.69, 9.17) is 5.26 Å². The van der Waals surface area contributed by atoms with Gasteiger partial charge in [0.15, 0.2) is 0 Å². The van der Waals surface area contributed by atoms with E-state index in [2.05, 4.69) is 15.6 Å². The van der Waals surface area contributed by atoms with Crippen molar-refractivity contribution in [3.05, 3.63) is 52.1 Å². The second-order valence-electron chi connectivity index (χ2n) is 3.92. The summed E-state index contributed by atoms with van der Waals surface area (Å²) >= 11 is 0. The van der Waals surface area contributed by atoms with E-state index in [1.54, 1.807) is 31.3 Å². The van der Waals surface area contributed by atoms with Crippen molar-refractivity contribution in [2.75, 3.05) is 17.7 Å². The quantitative estimate of drug-likeness (QED) is 0.653. The molecule has 0 aliphatic carbocycles. The highest BCUT2D eigenvalue weighted by Gasteiger charge is 2.10. The summed E-state index contributed by atoms with van der Waals surface area (Å²) in [6.07, 6.45) is 0. The van der Waals surface area contributed by atoms with Crippen LogP contribution in [0.2, 0.25) is 0 Å². The highest BCUT2D eigenvalue weighted by molar-refractivity contribution is 5.63. The van der Waals surface area contributed by atoms with Crippen LogP contribution in [0.3, 0.4) is 0 Å². The van der Waals surface area contributed by atoms with Crippen molar-refractivity contribution in [2.45, 2.75) is 0 Å². The lowest BCUT2D eigenvalue weighted by Gasteiger charge is -2.07. The molecule has 0 unspecified atom stereocenters. The molecule has 100 valence electrons. The molecule has 1 heterocycles. The Kier molecular flexibility index (Phi) is 3.77. The van der Waals surface area contributed by atoms with E-state index >= 15 is 0 Å². The topological polar surface area (TPSA) is 104 Å². The first kappa shape index (κ1) is 13.3. The van der Waals surface area contributed by atoms with E-state index in [-0.39, 0.29) is 5.69 Å². The summed E-state index contributed by atoms with van der Waals surface area (Å²) in [6.45, 7) is 0. The van der Waals surface area contributed by atoms with Crippen LogP contribution in [0.25, 0.3) is 0 Å². The number of nitriles is 1. The number of nitrogens with one attached hydrogen (secondary N) is 2. The first-order chi connectivity index (χ1) is 9.62. The lowest BCUT2D eigenvalue weighted by Crippen LogP contribution is -2.00. The van der Waals surface area contributed by atoms with Crippen LogP contribution in [-0.2, 0) is 0 Å². The lowest BCUT2D eigenvalue weighted by atomic mass is 10.2. The van der Waals surface area contributed by atoms with Gasteiger partial charge in [-0.3, -0.25) is 10.1 Å². The normalized spacial score (nSPS) is 9.60. The molecule has 2 N–H and O–H groups in total. The van der Waals surface area contributed by atoms with E-state index in [1.807, 2.05) is 6.07 Å². The minimum Gasteiger partial charge on any atom is -0.373 e. The average Bonchev–Trinajstić information content (AvgIpc) is 2.47. The molecule has 7 heteroatoms. The van der Waals surface area contributed by atoms with Gasteiger partial charge in [-0.1, -0.05) is 6.07 Å². The Bertz CT molecular complexity index is 693. The van der Waals surface area contributed by atoms with Crippen molar-refractivity contribution in [3.8, 4) is 6.07 Å². The highest BCUT2D eigenvalue weighted by atomic mass is 16.6. The smallest absolute Gasteiger partial charge is 0.276 e. The molecular weight excluding hydrogens is 258 g/mol. The molecule has 0 fully saturated rings. The van der Waals surface area contributed by atoms with Gasteiger partial charge in [-0.05, 0) is 18.2 Å². The predicted octanol–water partition coefficient (Wildman–Crippen LogP) is 2.65. The van der Waals surface area contributed by atoms with E-state index < -0.39 is 4.92 Å². The summed E-state index contributed by atoms with van der Waals surface area (Å²) in [7, 11) is 1.63. The van der Waals surface area contributed by atoms with Gasteiger partial charge >= 0.3 is 0 Å². The van der Waals surface area contributed by atoms with Crippen LogP contribution >= 0.6 is 0 Å². The highest BCUT2D eigenvalue weighted by Crippen LogP contribution is 2.23. The number of pyridine rings is 1. The Morgan fingerprint density at radius 1 is 1.30 bits per heavy atom. The molecule has 0 saturated carbocycles. The van der Waals surface area contributed by atoms with Gasteiger partial charge in [0.25, 0.3) is 5.69 Å². The van der Waals surface area contributed by atoms with E-state index in [1.165, 1.54) is 12.1 Å². The minimum atomic E-state index is -0.487. The van der Waals surface area contributed by atoms with Crippen LogP contribution in [0.1, 0.15) is 5.56 Å². The second-order valence-corrected chi connectivity index (χ2v) is 3.92. The SMILES string of the molecule is CNc1cc([N+](=O)[O-])cc(Nc2cccc(C#N)c2)n1. The second kappa shape index (κ2) is 5.67. The zero-order chi connectivity index (χ0) is 14.5. The Labute approximate surface area is 115 Å². The Balaban J connectivity index is 2.35. The number of aromatic nitrogens is 1. The molecule has 1 aromatic heterocycles. The van der Waals surface area contributed by atoms with E-state index in [0.717, 1.165) is 0 Å². The summed E-state index contributed by atoms with van der Waals surface area (Å²) in [6, 6.07) is 11.5. The molecule has 0 atom stereocenters. The third kappa shape index (κ3) is 3.00. The number of nitrogens with zero attached hydrogens (tertiary/aromatic N) is 3. The maximum absolute atomic E-state index is 10.9. The zero-order valence-corrected chi connectivity index (χ0v) is 10.6. The molecule has 7 nitrogen and oxygen atoms in total. The maximum Gasteiger partial charge on any atom is 0.276 e. The predicted molar refractivity (Wildman–Crippen MR) is 74.9 cm³/mol. The fourth-order valence-corrected chi connectivity index (χ4v) is 1.63. The zero-order valence-electron chi connectivity index (χ0n) is 10.6. The molecule has 0 radical (unpaired) electrons. The average molecular weight is 269 g/mol. The van der Waals surface area contributed by atoms with Crippen LogP contribution in [0.15, 0.2) is 36.4 Å². The monoisotopic (exact) mass is 269 g/mol. The van der Waals surface area contributed by atoms with Crippen LogP contribution < -0.4 is 10.6 Å². The van der Waals surface area contributed by atoms with Gasteiger partial charge in [0.1, 0.15) is 11.6 Å². The molecule has 20 heavy (non-hydrogen) atoms. The van der Waals surface area contributed by atoms with Crippen molar-refractivity contribution in [2.24, 2.45) is 0 Å². The molecule has 0 amide bonds. The standard InChI is InChI=1S/C13H11N5O2/c1-15-12-6-11(18(19)20)7-13(17-12)16-10-4-2-3-9(5-10)8-14/h2-7H,1H3,(H2,15,16,17). The lowest BCUT2D eigenvalue weighted by molar-refractivity contribution is -0.384. The molecule has 0 aliphatic heterocycles. The minimum absolute atomic E-state index is 0.0664. The van der Waals surface area contributed by atoms with Gasteiger partial charge in [-0.25, -0.2) is 4.98 Å². The number of nitro groups is 1. The number of anilines is 3. The van der Waals surface area contributed by atoms with Crippen LogP contribution in [0.4, 0.5) is 23.0 Å². The molecule has 1 aromatic carbocycles. The Morgan fingerprint density at radius 3 is 2.70 bits per heavy atom. The van der Waals surface area contributed by atoms with Gasteiger partial charge in [0.05, 0.1) is 28.7 Å². The number of benzene rings is 1. The summed E-state index contributed by atoms with van der Waals surface area (Å²) in [5.74, 6) is 0.719. The van der Waals surface area contributed by atoms with E-state index in [0.29, 0.717) is 22.9 Å². The molecular formula is C13H11N5O2. The maximum atomic E-state index is 10.9. The Hall–Kier alpha value is -3.14. The first-order valence-electron chi connectivity index (χ1n) is 5.74. The summed E-state index contributed by atoms with van der Waals surface area (Å²) in [5, 5.41) is 25.4. The largest absolute Gasteiger partial charge is 0.373 e. The van der Waals surface area contributed by atoms with Crippen LogP contribution in [0, 0.1) is 21.4 Å². The third-order valence-electron chi connectivity index (χ3n) is 2.54. The Morgan fingerprint density at radius 2 is 2.05 bits per heavy atom. The van der Waals surface area contributed by atoms with Gasteiger partial charge in [-0.2, -0.15) is 5.26 Å². The molecule has 2 rings (SSSR count). The van der Waals surface area contributed by atoms with Crippen LogP contribution in [0.5, 0.6) is 0 Å². The third-order valence-corrected chi connectivity index (χ3v) is 2.54. The van der Waals surface area contributed by atoms with Crippen molar-refractivity contribution in [3.63, 3.8) is 0 Å².